The lowest BCUT2D eigenvalue weighted by atomic mass is 9.88. The summed E-state index contributed by atoms with van der Waals surface area (Å²) in [7, 11) is 1.63. The van der Waals surface area contributed by atoms with E-state index in [4.69, 9.17) is 21.6 Å². The van der Waals surface area contributed by atoms with Crippen LogP contribution in [0.4, 0.5) is 0 Å². The predicted octanol–water partition coefficient (Wildman–Crippen LogP) is 4.71. The number of benzene rings is 2. The first-order valence-corrected chi connectivity index (χ1v) is 7.16. The van der Waals surface area contributed by atoms with Crippen molar-refractivity contribution >= 4 is 23.3 Å². The lowest BCUT2D eigenvalue weighted by Gasteiger charge is -2.18. The number of hydrogen-bond acceptors (Lipinski definition) is 2. The van der Waals surface area contributed by atoms with E-state index in [2.05, 4.69) is 12.1 Å². The molecule has 0 saturated carbocycles. The van der Waals surface area contributed by atoms with Crippen LogP contribution in [0, 0.1) is 11.3 Å². The average Bonchev–Trinajstić information content (AvgIpc) is 2.53. The number of rotatable bonds is 2. The van der Waals surface area contributed by atoms with Gasteiger partial charge in [0.2, 0.25) is 0 Å². The Kier molecular flexibility index (Phi) is 3.68. The molecule has 0 bridgehead atoms. The maximum atomic E-state index is 8.96. The first-order valence-electron chi connectivity index (χ1n) is 6.79. The Morgan fingerprint density at radius 2 is 2.00 bits per heavy atom. The second-order valence-corrected chi connectivity index (χ2v) is 5.45. The molecule has 2 nitrogen and oxygen atoms in total. The summed E-state index contributed by atoms with van der Waals surface area (Å²) in [5.74, 6) is 0.763. The number of aryl methyl sites for hydroxylation is 1. The van der Waals surface area contributed by atoms with Crippen molar-refractivity contribution < 1.29 is 4.74 Å². The molecule has 2 aromatic rings. The van der Waals surface area contributed by atoms with E-state index >= 15 is 0 Å². The van der Waals surface area contributed by atoms with Crippen LogP contribution < -0.4 is 4.74 Å². The van der Waals surface area contributed by atoms with Crippen LogP contribution in [0.2, 0.25) is 5.02 Å². The lowest BCUT2D eigenvalue weighted by Crippen LogP contribution is -2.00. The largest absolute Gasteiger partial charge is 0.497 e. The molecule has 0 atom stereocenters. The van der Waals surface area contributed by atoms with Crippen LogP contribution in [0.5, 0.6) is 5.75 Å². The van der Waals surface area contributed by atoms with Crippen molar-refractivity contribution in [3.05, 3.63) is 63.7 Å². The summed E-state index contributed by atoms with van der Waals surface area (Å²) < 4.78 is 5.18. The van der Waals surface area contributed by atoms with E-state index < -0.39 is 0 Å². The normalized spacial score (nSPS) is 13.1. The summed E-state index contributed by atoms with van der Waals surface area (Å²) >= 11 is 6.35. The fourth-order valence-corrected chi connectivity index (χ4v) is 2.95. The molecule has 0 heterocycles. The number of nitrogens with zero attached hydrogens (tertiary/aromatic N) is 1. The molecule has 0 saturated heterocycles. The van der Waals surface area contributed by atoms with E-state index in [9.17, 15) is 0 Å². The zero-order valence-corrected chi connectivity index (χ0v) is 12.4. The number of allylic oxidation sites excluding steroid dienone is 1. The van der Waals surface area contributed by atoms with Crippen LogP contribution in [0.15, 0.2) is 36.4 Å². The molecule has 3 rings (SSSR count). The molecule has 3 heteroatoms. The van der Waals surface area contributed by atoms with Crippen LogP contribution in [0.1, 0.15) is 28.7 Å². The smallest absolute Gasteiger partial charge is 0.120 e. The Bertz CT molecular complexity index is 771. The summed E-state index contributed by atoms with van der Waals surface area (Å²) in [4.78, 5) is 0. The van der Waals surface area contributed by atoms with Gasteiger partial charge in [0.05, 0.1) is 23.8 Å². The van der Waals surface area contributed by atoms with Gasteiger partial charge in [-0.25, -0.2) is 0 Å². The van der Waals surface area contributed by atoms with Gasteiger partial charge >= 0.3 is 0 Å². The van der Waals surface area contributed by atoms with Gasteiger partial charge < -0.3 is 4.74 Å². The Balaban J connectivity index is 2.01. The van der Waals surface area contributed by atoms with Gasteiger partial charge in [0.25, 0.3) is 0 Å². The van der Waals surface area contributed by atoms with Crippen LogP contribution in [0.25, 0.3) is 11.6 Å². The number of nitriles is 1. The van der Waals surface area contributed by atoms with Gasteiger partial charge in [-0.05, 0) is 65.4 Å². The molecule has 0 aromatic heterocycles. The topological polar surface area (TPSA) is 33.0 Å². The molecule has 104 valence electrons. The molecular formula is C18H14ClNO. The zero-order chi connectivity index (χ0) is 14.8. The highest BCUT2D eigenvalue weighted by Gasteiger charge is 2.14. The summed E-state index contributed by atoms with van der Waals surface area (Å²) in [6.07, 6.45) is 4.01. The Morgan fingerprint density at radius 1 is 1.14 bits per heavy atom. The monoisotopic (exact) mass is 295 g/mol. The fourth-order valence-electron chi connectivity index (χ4n) is 2.66. The van der Waals surface area contributed by atoms with E-state index in [1.807, 2.05) is 36.4 Å². The maximum absolute atomic E-state index is 8.96. The summed E-state index contributed by atoms with van der Waals surface area (Å²) in [6.45, 7) is 0. The van der Waals surface area contributed by atoms with Gasteiger partial charge in [0.1, 0.15) is 5.75 Å². The first-order chi connectivity index (χ1) is 10.2. The van der Waals surface area contributed by atoms with Gasteiger partial charge in [-0.15, -0.1) is 0 Å². The SMILES string of the molecule is COc1ccc(C2=Cc3ccc(C#N)cc3CC2)c(Cl)c1. The number of halogens is 1. The molecule has 0 unspecified atom stereocenters. The molecule has 0 fully saturated rings. The van der Waals surface area contributed by atoms with Gasteiger partial charge in [0.15, 0.2) is 0 Å². The molecule has 0 amide bonds. The fraction of sp³-hybridized carbons (Fsp3) is 0.167. The standard InChI is InChI=1S/C18H14ClNO/c1-21-16-6-7-17(18(19)10-16)15-5-4-13-8-12(11-20)2-3-14(13)9-15/h2-3,6-10H,4-5H2,1H3. The zero-order valence-electron chi connectivity index (χ0n) is 11.7. The van der Waals surface area contributed by atoms with Gasteiger partial charge in [-0.2, -0.15) is 5.26 Å². The van der Waals surface area contributed by atoms with Crippen LogP contribution >= 0.6 is 11.6 Å². The number of ether oxygens (including phenoxy) is 1. The highest BCUT2D eigenvalue weighted by Crippen LogP contribution is 2.35. The molecule has 0 spiro atoms. The predicted molar refractivity (Wildman–Crippen MR) is 85.4 cm³/mol. The highest BCUT2D eigenvalue weighted by molar-refractivity contribution is 6.32. The van der Waals surface area contributed by atoms with Crippen molar-refractivity contribution in [1.82, 2.24) is 0 Å². The summed E-state index contributed by atoms with van der Waals surface area (Å²) in [5.41, 5.74) is 5.38. The molecule has 0 radical (unpaired) electrons. The van der Waals surface area contributed by atoms with Gasteiger partial charge in [-0.3, -0.25) is 0 Å². The van der Waals surface area contributed by atoms with E-state index in [0.717, 1.165) is 24.2 Å². The molecule has 1 aliphatic carbocycles. The Hall–Kier alpha value is -2.24. The molecule has 0 N–H and O–H groups in total. The number of hydrogen-bond donors (Lipinski definition) is 0. The maximum Gasteiger partial charge on any atom is 0.120 e. The van der Waals surface area contributed by atoms with E-state index in [1.54, 1.807) is 7.11 Å². The van der Waals surface area contributed by atoms with Crippen molar-refractivity contribution in [2.45, 2.75) is 12.8 Å². The second-order valence-electron chi connectivity index (χ2n) is 5.04. The van der Waals surface area contributed by atoms with Crippen LogP contribution in [-0.4, -0.2) is 7.11 Å². The van der Waals surface area contributed by atoms with E-state index in [-0.39, 0.29) is 0 Å². The summed E-state index contributed by atoms with van der Waals surface area (Å²) in [6, 6.07) is 13.8. The minimum atomic E-state index is 0.706. The van der Waals surface area contributed by atoms with Crippen LogP contribution in [-0.2, 0) is 6.42 Å². The third kappa shape index (κ3) is 2.66. The van der Waals surface area contributed by atoms with Gasteiger partial charge in [0, 0.05) is 0 Å². The average molecular weight is 296 g/mol. The van der Waals surface area contributed by atoms with Crippen molar-refractivity contribution in [3.8, 4) is 11.8 Å². The third-order valence-electron chi connectivity index (χ3n) is 3.79. The van der Waals surface area contributed by atoms with Crippen molar-refractivity contribution in [3.63, 3.8) is 0 Å². The van der Waals surface area contributed by atoms with Crippen molar-refractivity contribution in [1.29, 1.82) is 5.26 Å². The van der Waals surface area contributed by atoms with E-state index in [0.29, 0.717) is 10.6 Å². The third-order valence-corrected chi connectivity index (χ3v) is 4.10. The molecule has 0 aliphatic heterocycles. The van der Waals surface area contributed by atoms with Gasteiger partial charge in [-0.1, -0.05) is 23.7 Å². The molecular weight excluding hydrogens is 282 g/mol. The van der Waals surface area contributed by atoms with Crippen LogP contribution in [0.3, 0.4) is 0 Å². The number of fused-ring (bicyclic) bond motifs is 1. The second kappa shape index (κ2) is 5.63. The Morgan fingerprint density at radius 3 is 2.71 bits per heavy atom. The van der Waals surface area contributed by atoms with Crippen molar-refractivity contribution in [2.75, 3.05) is 7.11 Å². The first kappa shape index (κ1) is 13.7. The lowest BCUT2D eigenvalue weighted by molar-refractivity contribution is 0.415. The van der Waals surface area contributed by atoms with E-state index in [1.165, 1.54) is 16.7 Å². The molecule has 1 aliphatic rings. The Labute approximate surface area is 129 Å². The van der Waals surface area contributed by atoms with Crippen molar-refractivity contribution in [2.24, 2.45) is 0 Å². The highest BCUT2D eigenvalue weighted by atomic mass is 35.5. The summed E-state index contributed by atoms with van der Waals surface area (Å²) in [5, 5.41) is 9.67. The molecule has 2 aromatic carbocycles. The quantitative estimate of drug-likeness (QED) is 0.804. The minimum Gasteiger partial charge on any atom is -0.497 e. The molecule has 21 heavy (non-hydrogen) atoms. The minimum absolute atomic E-state index is 0.706. The number of methoxy groups -OCH3 is 1.